The van der Waals surface area contributed by atoms with Gasteiger partial charge in [-0.2, -0.15) is 0 Å². The summed E-state index contributed by atoms with van der Waals surface area (Å²) in [5.74, 6) is 1.62. The van der Waals surface area contributed by atoms with Gasteiger partial charge < -0.3 is 5.73 Å². The summed E-state index contributed by atoms with van der Waals surface area (Å²) in [5, 5.41) is 2.04. The average molecular weight is 199 g/mol. The summed E-state index contributed by atoms with van der Waals surface area (Å²) in [4.78, 5) is 0. The second-order valence-electron chi connectivity index (χ2n) is 5.19. The van der Waals surface area contributed by atoms with Crippen LogP contribution in [0.15, 0.2) is 0 Å². The lowest BCUT2D eigenvalue weighted by Gasteiger charge is -2.44. The van der Waals surface area contributed by atoms with Crippen molar-refractivity contribution in [2.75, 3.05) is 20.6 Å². The quantitative estimate of drug-likeness (QED) is 0.671. The Bertz CT molecular complexity index is 181. The molecule has 84 valence electrons. The van der Waals surface area contributed by atoms with E-state index in [0.29, 0.717) is 0 Å². The topological polar surface area (TPSA) is 41.3 Å². The van der Waals surface area contributed by atoms with Crippen LogP contribution in [0.1, 0.15) is 33.1 Å². The van der Waals surface area contributed by atoms with Crippen molar-refractivity contribution in [3.8, 4) is 0 Å². The molecule has 0 radical (unpaired) electrons. The molecule has 3 atom stereocenters. The molecule has 1 aliphatic carbocycles. The van der Waals surface area contributed by atoms with Gasteiger partial charge in [0.15, 0.2) is 0 Å². The van der Waals surface area contributed by atoms with Gasteiger partial charge in [0.05, 0.1) is 0 Å². The van der Waals surface area contributed by atoms with E-state index in [-0.39, 0.29) is 5.54 Å². The third-order valence-corrected chi connectivity index (χ3v) is 3.61. The Morgan fingerprint density at radius 3 is 2.43 bits per heavy atom. The van der Waals surface area contributed by atoms with Crippen LogP contribution >= 0.6 is 0 Å². The molecule has 0 saturated heterocycles. The van der Waals surface area contributed by atoms with Gasteiger partial charge in [0, 0.05) is 26.2 Å². The summed E-state index contributed by atoms with van der Waals surface area (Å²) >= 11 is 0. The van der Waals surface area contributed by atoms with Gasteiger partial charge in [0.1, 0.15) is 0 Å². The maximum atomic E-state index is 5.91. The molecule has 14 heavy (non-hydrogen) atoms. The maximum Gasteiger partial charge on any atom is 0.0450 e. The first-order valence-electron chi connectivity index (χ1n) is 5.64. The second-order valence-corrected chi connectivity index (χ2v) is 5.19. The fraction of sp³-hybridized carbons (Fsp3) is 1.00. The highest BCUT2D eigenvalue weighted by atomic mass is 15.5. The molecule has 0 aromatic carbocycles. The molecule has 0 spiro atoms. The molecule has 1 fully saturated rings. The first kappa shape index (κ1) is 12.0. The van der Waals surface area contributed by atoms with E-state index in [1.54, 1.807) is 0 Å². The van der Waals surface area contributed by atoms with E-state index in [1.165, 1.54) is 19.3 Å². The molecule has 1 aliphatic rings. The van der Waals surface area contributed by atoms with Gasteiger partial charge in [-0.1, -0.05) is 13.8 Å². The number of nitrogens with zero attached hydrogens (tertiary/aromatic N) is 1. The lowest BCUT2D eigenvalue weighted by atomic mass is 9.71. The summed E-state index contributed by atoms with van der Waals surface area (Å²) in [6, 6.07) is 0. The number of nitrogens with one attached hydrogen (secondary N) is 1. The van der Waals surface area contributed by atoms with E-state index in [1.807, 2.05) is 19.1 Å². The van der Waals surface area contributed by atoms with Crippen LogP contribution in [0.2, 0.25) is 0 Å². The molecule has 3 N–H and O–H groups in total. The van der Waals surface area contributed by atoms with Gasteiger partial charge in [-0.25, -0.2) is 5.43 Å². The van der Waals surface area contributed by atoms with Gasteiger partial charge in [-0.05, 0) is 31.1 Å². The molecule has 3 heteroatoms. The SMILES string of the molecule is CC1CCC(CN)(NN(C)C)CC1C. The van der Waals surface area contributed by atoms with E-state index in [2.05, 4.69) is 19.3 Å². The Kier molecular flexibility index (Phi) is 3.93. The number of hydrogen-bond acceptors (Lipinski definition) is 3. The Morgan fingerprint density at radius 1 is 1.36 bits per heavy atom. The van der Waals surface area contributed by atoms with E-state index in [4.69, 9.17) is 5.73 Å². The molecular formula is C11H25N3. The molecule has 0 aromatic heterocycles. The number of nitrogens with two attached hydrogens (primary N) is 1. The lowest BCUT2D eigenvalue weighted by molar-refractivity contribution is 0.0785. The zero-order chi connectivity index (χ0) is 10.8. The molecule has 1 saturated carbocycles. The van der Waals surface area contributed by atoms with Crippen molar-refractivity contribution in [3.05, 3.63) is 0 Å². The van der Waals surface area contributed by atoms with Crippen LogP contribution in [0, 0.1) is 11.8 Å². The first-order chi connectivity index (χ1) is 6.49. The summed E-state index contributed by atoms with van der Waals surface area (Å²) < 4.78 is 0. The molecule has 3 unspecified atom stereocenters. The first-order valence-corrected chi connectivity index (χ1v) is 5.64. The summed E-state index contributed by atoms with van der Waals surface area (Å²) in [5.41, 5.74) is 9.56. The van der Waals surface area contributed by atoms with E-state index < -0.39 is 0 Å². The van der Waals surface area contributed by atoms with Gasteiger partial charge in [-0.3, -0.25) is 5.01 Å². The highest BCUT2D eigenvalue weighted by Crippen LogP contribution is 2.35. The minimum absolute atomic E-state index is 0.148. The van der Waals surface area contributed by atoms with Crippen molar-refractivity contribution < 1.29 is 0 Å². The predicted molar refractivity (Wildman–Crippen MR) is 60.8 cm³/mol. The number of hydrogen-bond donors (Lipinski definition) is 2. The summed E-state index contributed by atoms with van der Waals surface area (Å²) in [6.07, 6.45) is 3.69. The standard InChI is InChI=1S/C11H25N3/c1-9-5-6-11(8-12,7-10(9)2)13-14(3)4/h9-10,13H,5-8,12H2,1-4H3. The maximum absolute atomic E-state index is 5.91. The van der Waals surface area contributed by atoms with E-state index >= 15 is 0 Å². The van der Waals surface area contributed by atoms with Gasteiger partial charge in [-0.15, -0.1) is 0 Å². The van der Waals surface area contributed by atoms with Gasteiger partial charge in [0.2, 0.25) is 0 Å². The van der Waals surface area contributed by atoms with E-state index in [0.717, 1.165) is 18.4 Å². The van der Waals surface area contributed by atoms with Crippen LogP contribution in [0.5, 0.6) is 0 Å². The molecule has 0 aromatic rings. The lowest BCUT2D eigenvalue weighted by Crippen LogP contribution is -2.59. The summed E-state index contributed by atoms with van der Waals surface area (Å²) in [6.45, 7) is 5.43. The predicted octanol–water partition coefficient (Wildman–Crippen LogP) is 1.21. The normalized spacial score (nSPS) is 39.0. The highest BCUT2D eigenvalue weighted by Gasteiger charge is 2.36. The molecule has 1 rings (SSSR count). The van der Waals surface area contributed by atoms with Crippen LogP contribution in [0.3, 0.4) is 0 Å². The molecular weight excluding hydrogens is 174 g/mol. The van der Waals surface area contributed by atoms with Crippen LogP contribution in [0.25, 0.3) is 0 Å². The van der Waals surface area contributed by atoms with Crippen LogP contribution in [-0.2, 0) is 0 Å². The minimum atomic E-state index is 0.148. The van der Waals surface area contributed by atoms with Crippen molar-refractivity contribution in [1.29, 1.82) is 0 Å². The monoisotopic (exact) mass is 199 g/mol. The largest absolute Gasteiger partial charge is 0.329 e. The second kappa shape index (κ2) is 4.60. The van der Waals surface area contributed by atoms with Crippen molar-refractivity contribution >= 4 is 0 Å². The Balaban J connectivity index is 2.61. The van der Waals surface area contributed by atoms with Crippen LogP contribution in [-0.4, -0.2) is 31.2 Å². The Labute approximate surface area is 88.0 Å². The van der Waals surface area contributed by atoms with Crippen LogP contribution < -0.4 is 11.2 Å². The Morgan fingerprint density at radius 2 is 2.00 bits per heavy atom. The Hall–Kier alpha value is -0.120. The molecule has 0 bridgehead atoms. The molecule has 0 aliphatic heterocycles. The summed E-state index contributed by atoms with van der Waals surface area (Å²) in [7, 11) is 4.08. The molecule has 3 nitrogen and oxygen atoms in total. The number of hydrazine groups is 1. The smallest absolute Gasteiger partial charge is 0.0450 e. The van der Waals surface area contributed by atoms with Gasteiger partial charge in [0.25, 0.3) is 0 Å². The fourth-order valence-corrected chi connectivity index (χ4v) is 2.51. The average Bonchev–Trinajstić information content (AvgIpc) is 2.11. The van der Waals surface area contributed by atoms with Crippen LogP contribution in [0.4, 0.5) is 0 Å². The van der Waals surface area contributed by atoms with Crippen molar-refractivity contribution in [3.63, 3.8) is 0 Å². The third-order valence-electron chi connectivity index (χ3n) is 3.61. The fourth-order valence-electron chi connectivity index (χ4n) is 2.51. The van der Waals surface area contributed by atoms with Gasteiger partial charge >= 0.3 is 0 Å². The van der Waals surface area contributed by atoms with Crippen molar-refractivity contribution in [1.82, 2.24) is 10.4 Å². The highest BCUT2D eigenvalue weighted by molar-refractivity contribution is 4.94. The zero-order valence-corrected chi connectivity index (χ0v) is 10.0. The third kappa shape index (κ3) is 2.69. The zero-order valence-electron chi connectivity index (χ0n) is 10.0. The number of rotatable bonds is 3. The van der Waals surface area contributed by atoms with E-state index in [9.17, 15) is 0 Å². The molecule has 0 heterocycles. The molecule has 0 amide bonds. The van der Waals surface area contributed by atoms with Crippen molar-refractivity contribution in [2.45, 2.75) is 38.6 Å². The van der Waals surface area contributed by atoms with Crippen molar-refractivity contribution in [2.24, 2.45) is 17.6 Å². The minimum Gasteiger partial charge on any atom is -0.329 e.